The molecule has 0 aliphatic rings. The van der Waals surface area contributed by atoms with Crippen LogP contribution in [0.4, 0.5) is 0 Å². The molecule has 8 heavy (non-hydrogen) atoms. The van der Waals surface area contributed by atoms with E-state index in [1.165, 1.54) is 0 Å². The van der Waals surface area contributed by atoms with E-state index in [2.05, 4.69) is 13.2 Å². The van der Waals surface area contributed by atoms with Gasteiger partial charge in [0.25, 0.3) is 0 Å². The van der Waals surface area contributed by atoms with Gasteiger partial charge in [-0.3, -0.25) is 4.79 Å². The molecule has 0 aromatic carbocycles. The van der Waals surface area contributed by atoms with Gasteiger partial charge in [0.05, 0.1) is 0 Å². The van der Waals surface area contributed by atoms with Crippen LogP contribution in [0.3, 0.4) is 0 Å². The fourth-order valence-electron chi connectivity index (χ4n) is 0.327. The summed E-state index contributed by atoms with van der Waals surface area (Å²) in [5.74, 6) is 0. The second-order valence-electron chi connectivity index (χ2n) is 1.53. The maximum Gasteiger partial charge on any atom is 0.228 e. The molecule has 0 saturated carbocycles. The van der Waals surface area contributed by atoms with E-state index in [-0.39, 0.29) is 0 Å². The molecule has 0 bridgehead atoms. The second kappa shape index (κ2) is 4.31. The van der Waals surface area contributed by atoms with Gasteiger partial charge in [-0.1, -0.05) is 12.7 Å². The number of rotatable bonds is 4. The van der Waals surface area contributed by atoms with E-state index in [0.717, 1.165) is 6.42 Å². The SMILES string of the molecule is C=CCCC(=C)[C]=O. The van der Waals surface area contributed by atoms with Crippen molar-refractivity contribution in [2.45, 2.75) is 12.8 Å². The Bertz CT molecular complexity index is 103. The van der Waals surface area contributed by atoms with E-state index < -0.39 is 0 Å². The summed E-state index contributed by atoms with van der Waals surface area (Å²) in [6, 6.07) is 0. The van der Waals surface area contributed by atoms with E-state index in [1.54, 1.807) is 12.4 Å². The molecule has 0 amide bonds. The van der Waals surface area contributed by atoms with Gasteiger partial charge >= 0.3 is 0 Å². The first-order valence-electron chi connectivity index (χ1n) is 2.48. The Balaban J connectivity index is 3.24. The van der Waals surface area contributed by atoms with Crippen LogP contribution < -0.4 is 0 Å². The molecule has 0 aromatic heterocycles. The average Bonchev–Trinajstić information content (AvgIpc) is 1.83. The summed E-state index contributed by atoms with van der Waals surface area (Å²) in [4.78, 5) is 9.75. The first-order chi connectivity index (χ1) is 3.81. The number of hydrogen-bond acceptors (Lipinski definition) is 1. The van der Waals surface area contributed by atoms with Gasteiger partial charge in [-0.05, 0) is 18.4 Å². The van der Waals surface area contributed by atoms with Crippen LogP contribution in [0.1, 0.15) is 12.8 Å². The monoisotopic (exact) mass is 109 g/mol. The van der Waals surface area contributed by atoms with Crippen LogP contribution in [-0.2, 0) is 4.79 Å². The molecule has 1 heteroatoms. The highest BCUT2D eigenvalue weighted by Crippen LogP contribution is 1.97. The number of hydrogen-bond donors (Lipinski definition) is 0. The molecule has 0 saturated heterocycles. The van der Waals surface area contributed by atoms with Gasteiger partial charge in [-0.15, -0.1) is 6.58 Å². The summed E-state index contributed by atoms with van der Waals surface area (Å²) in [7, 11) is 0. The quantitative estimate of drug-likeness (QED) is 0.396. The van der Waals surface area contributed by atoms with Crippen molar-refractivity contribution in [3.8, 4) is 0 Å². The Morgan fingerprint density at radius 1 is 1.75 bits per heavy atom. The second-order valence-corrected chi connectivity index (χ2v) is 1.53. The standard InChI is InChI=1S/C7H9O/c1-3-4-5-7(2)6-8/h3H,1-2,4-5H2. The van der Waals surface area contributed by atoms with Crippen LogP contribution in [0.5, 0.6) is 0 Å². The third kappa shape index (κ3) is 3.34. The van der Waals surface area contributed by atoms with E-state index in [0.29, 0.717) is 12.0 Å². The van der Waals surface area contributed by atoms with Gasteiger partial charge in [-0.25, -0.2) is 0 Å². The van der Waals surface area contributed by atoms with Gasteiger partial charge in [0, 0.05) is 0 Å². The molecule has 0 unspecified atom stereocenters. The van der Waals surface area contributed by atoms with Crippen LogP contribution in [-0.4, -0.2) is 6.29 Å². The third-order valence-electron chi connectivity index (χ3n) is 0.795. The Kier molecular flexibility index (Phi) is 3.85. The zero-order valence-corrected chi connectivity index (χ0v) is 4.81. The largest absolute Gasteiger partial charge is 0.285 e. The lowest BCUT2D eigenvalue weighted by atomic mass is 10.2. The highest BCUT2D eigenvalue weighted by molar-refractivity contribution is 5.72. The highest BCUT2D eigenvalue weighted by atomic mass is 16.1. The molecule has 0 atom stereocenters. The summed E-state index contributed by atoms with van der Waals surface area (Å²) in [6.07, 6.45) is 4.96. The number of allylic oxidation sites excluding steroid dienone is 2. The Morgan fingerprint density at radius 3 is 2.75 bits per heavy atom. The van der Waals surface area contributed by atoms with Crippen molar-refractivity contribution in [2.24, 2.45) is 0 Å². The summed E-state index contributed by atoms with van der Waals surface area (Å²) >= 11 is 0. The minimum absolute atomic E-state index is 0.518. The van der Waals surface area contributed by atoms with Crippen LogP contribution in [0.2, 0.25) is 0 Å². The lowest BCUT2D eigenvalue weighted by molar-refractivity contribution is 0.560. The number of carbonyl (C=O) groups excluding carboxylic acids is 1. The molecular formula is C7H9O. The molecule has 0 fully saturated rings. The summed E-state index contributed by atoms with van der Waals surface area (Å²) in [5.41, 5.74) is 0.518. The Morgan fingerprint density at radius 2 is 2.38 bits per heavy atom. The third-order valence-corrected chi connectivity index (χ3v) is 0.795. The summed E-state index contributed by atoms with van der Waals surface area (Å²) in [5, 5.41) is 0. The van der Waals surface area contributed by atoms with E-state index >= 15 is 0 Å². The first-order valence-corrected chi connectivity index (χ1v) is 2.48. The molecule has 1 radical (unpaired) electrons. The van der Waals surface area contributed by atoms with E-state index in [9.17, 15) is 4.79 Å². The van der Waals surface area contributed by atoms with Crippen molar-refractivity contribution < 1.29 is 4.79 Å². The van der Waals surface area contributed by atoms with Crippen molar-refractivity contribution in [2.75, 3.05) is 0 Å². The fourth-order valence-corrected chi connectivity index (χ4v) is 0.327. The van der Waals surface area contributed by atoms with Crippen LogP contribution in [0.25, 0.3) is 0 Å². The van der Waals surface area contributed by atoms with E-state index in [1.807, 2.05) is 0 Å². The van der Waals surface area contributed by atoms with Crippen LogP contribution in [0, 0.1) is 0 Å². The van der Waals surface area contributed by atoms with Crippen LogP contribution in [0.15, 0.2) is 24.8 Å². The maximum atomic E-state index is 9.75. The highest BCUT2D eigenvalue weighted by Gasteiger charge is 1.87. The van der Waals surface area contributed by atoms with E-state index in [4.69, 9.17) is 0 Å². The molecule has 1 nitrogen and oxygen atoms in total. The van der Waals surface area contributed by atoms with Gasteiger partial charge < -0.3 is 0 Å². The lowest BCUT2D eigenvalue weighted by Crippen LogP contribution is -1.78. The predicted molar refractivity (Wildman–Crippen MR) is 34.3 cm³/mol. The molecule has 0 spiro atoms. The normalized spacial score (nSPS) is 8.00. The molecule has 0 aliphatic carbocycles. The Labute approximate surface area is 49.7 Å². The average molecular weight is 109 g/mol. The molecule has 0 aliphatic heterocycles. The molecule has 0 heterocycles. The molecule has 0 rings (SSSR count). The minimum Gasteiger partial charge on any atom is -0.285 e. The molecule has 0 N–H and O–H groups in total. The molecule has 43 valence electrons. The van der Waals surface area contributed by atoms with Crippen LogP contribution >= 0.6 is 0 Å². The molecule has 0 aromatic rings. The van der Waals surface area contributed by atoms with Gasteiger partial charge in [-0.2, -0.15) is 0 Å². The van der Waals surface area contributed by atoms with Crippen molar-refractivity contribution >= 4 is 6.29 Å². The smallest absolute Gasteiger partial charge is 0.228 e. The van der Waals surface area contributed by atoms with Crippen molar-refractivity contribution in [3.05, 3.63) is 24.8 Å². The maximum absolute atomic E-state index is 9.75. The zero-order chi connectivity index (χ0) is 6.41. The van der Waals surface area contributed by atoms with Gasteiger partial charge in [0.15, 0.2) is 0 Å². The van der Waals surface area contributed by atoms with Crippen molar-refractivity contribution in [1.82, 2.24) is 0 Å². The van der Waals surface area contributed by atoms with Crippen molar-refractivity contribution in [1.29, 1.82) is 0 Å². The lowest BCUT2D eigenvalue weighted by Gasteiger charge is -1.86. The zero-order valence-electron chi connectivity index (χ0n) is 4.81. The summed E-state index contributed by atoms with van der Waals surface area (Å²) < 4.78 is 0. The predicted octanol–water partition coefficient (Wildman–Crippen LogP) is 1.62. The minimum atomic E-state index is 0.518. The van der Waals surface area contributed by atoms with Gasteiger partial charge in [0.1, 0.15) is 0 Å². The Hall–Kier alpha value is -0.850. The first kappa shape index (κ1) is 7.15. The van der Waals surface area contributed by atoms with Gasteiger partial charge in [0.2, 0.25) is 6.29 Å². The van der Waals surface area contributed by atoms with Crippen molar-refractivity contribution in [3.63, 3.8) is 0 Å². The fraction of sp³-hybridized carbons (Fsp3) is 0.286. The topological polar surface area (TPSA) is 17.1 Å². The summed E-state index contributed by atoms with van der Waals surface area (Å²) in [6.45, 7) is 6.94. The molecular weight excluding hydrogens is 100 g/mol.